The molecule has 4 heteroatoms. The summed E-state index contributed by atoms with van der Waals surface area (Å²) in [5, 5.41) is 3.45. The molecule has 1 aromatic rings. The van der Waals surface area contributed by atoms with Crippen molar-refractivity contribution in [2.24, 2.45) is 0 Å². The van der Waals surface area contributed by atoms with Crippen molar-refractivity contribution in [3.8, 4) is 0 Å². The van der Waals surface area contributed by atoms with Crippen LogP contribution in [0.4, 0.5) is 0 Å². The number of nitrogens with one attached hydrogen (secondary N) is 1. The first-order valence-corrected chi connectivity index (χ1v) is 6.80. The number of hydrogen-bond acceptors (Lipinski definition) is 4. The third-order valence-electron chi connectivity index (χ3n) is 3.86. The largest absolute Gasteiger partial charge is 0.371 e. The van der Waals surface area contributed by atoms with Crippen LogP contribution in [0.2, 0.25) is 0 Å². The zero-order chi connectivity index (χ0) is 12.4. The molecule has 0 saturated carbocycles. The SMILES string of the molecule is Cc1cccc(CO[C@H]2C[C@@H]3CNCCN3C2)n1. The summed E-state index contributed by atoms with van der Waals surface area (Å²) in [5.74, 6) is 0. The molecule has 0 bridgehead atoms. The van der Waals surface area contributed by atoms with Gasteiger partial charge in [0.2, 0.25) is 0 Å². The van der Waals surface area contributed by atoms with Gasteiger partial charge in [-0.15, -0.1) is 0 Å². The van der Waals surface area contributed by atoms with Crippen LogP contribution in [0.15, 0.2) is 18.2 Å². The molecular weight excluding hydrogens is 226 g/mol. The Bertz CT molecular complexity index is 396. The molecular formula is C14H21N3O. The zero-order valence-corrected chi connectivity index (χ0v) is 10.9. The van der Waals surface area contributed by atoms with Crippen LogP contribution < -0.4 is 5.32 Å². The van der Waals surface area contributed by atoms with Gasteiger partial charge in [-0.3, -0.25) is 9.88 Å². The fourth-order valence-corrected chi connectivity index (χ4v) is 2.92. The van der Waals surface area contributed by atoms with Gasteiger partial charge < -0.3 is 10.1 Å². The lowest BCUT2D eigenvalue weighted by Gasteiger charge is -2.29. The minimum absolute atomic E-state index is 0.372. The van der Waals surface area contributed by atoms with Crippen LogP contribution in [0.3, 0.4) is 0 Å². The quantitative estimate of drug-likeness (QED) is 0.863. The van der Waals surface area contributed by atoms with Gasteiger partial charge in [0.05, 0.1) is 18.4 Å². The highest BCUT2D eigenvalue weighted by Gasteiger charge is 2.33. The molecule has 0 spiro atoms. The van der Waals surface area contributed by atoms with E-state index in [1.807, 2.05) is 25.1 Å². The highest BCUT2D eigenvalue weighted by Crippen LogP contribution is 2.21. The fraction of sp³-hybridized carbons (Fsp3) is 0.643. The average Bonchev–Trinajstić information content (AvgIpc) is 2.79. The number of pyridine rings is 1. The molecule has 2 aliphatic heterocycles. The predicted molar refractivity (Wildman–Crippen MR) is 70.4 cm³/mol. The molecule has 0 radical (unpaired) electrons. The van der Waals surface area contributed by atoms with E-state index < -0.39 is 0 Å². The molecule has 2 fully saturated rings. The van der Waals surface area contributed by atoms with Gasteiger partial charge in [0.25, 0.3) is 0 Å². The summed E-state index contributed by atoms with van der Waals surface area (Å²) in [6.45, 7) is 7.13. The fourth-order valence-electron chi connectivity index (χ4n) is 2.92. The van der Waals surface area contributed by atoms with E-state index in [0.717, 1.165) is 44.0 Å². The van der Waals surface area contributed by atoms with Gasteiger partial charge in [0.1, 0.15) is 0 Å². The van der Waals surface area contributed by atoms with Crippen molar-refractivity contribution in [2.75, 3.05) is 26.2 Å². The van der Waals surface area contributed by atoms with Gasteiger partial charge in [-0.2, -0.15) is 0 Å². The predicted octanol–water partition coefficient (Wildman–Crippen LogP) is 0.953. The highest BCUT2D eigenvalue weighted by atomic mass is 16.5. The minimum atomic E-state index is 0.372. The Hall–Kier alpha value is -0.970. The topological polar surface area (TPSA) is 37.4 Å². The number of ether oxygens (including phenoxy) is 1. The lowest BCUT2D eigenvalue weighted by atomic mass is 10.2. The van der Waals surface area contributed by atoms with Crippen molar-refractivity contribution in [3.63, 3.8) is 0 Å². The Morgan fingerprint density at radius 2 is 2.44 bits per heavy atom. The Morgan fingerprint density at radius 1 is 1.50 bits per heavy atom. The Balaban J connectivity index is 1.52. The van der Waals surface area contributed by atoms with E-state index in [-0.39, 0.29) is 0 Å². The molecule has 0 unspecified atom stereocenters. The van der Waals surface area contributed by atoms with Crippen LogP contribution in [-0.2, 0) is 11.3 Å². The van der Waals surface area contributed by atoms with Gasteiger partial charge in [-0.25, -0.2) is 0 Å². The van der Waals surface area contributed by atoms with Crippen molar-refractivity contribution in [2.45, 2.75) is 32.1 Å². The Kier molecular flexibility index (Phi) is 3.59. The smallest absolute Gasteiger partial charge is 0.0892 e. The molecule has 1 aromatic heterocycles. The molecule has 18 heavy (non-hydrogen) atoms. The maximum absolute atomic E-state index is 6.00. The number of piperazine rings is 1. The number of rotatable bonds is 3. The maximum Gasteiger partial charge on any atom is 0.0892 e. The zero-order valence-electron chi connectivity index (χ0n) is 10.9. The molecule has 3 heterocycles. The molecule has 2 aliphatic rings. The summed E-state index contributed by atoms with van der Waals surface area (Å²) >= 11 is 0. The third-order valence-corrected chi connectivity index (χ3v) is 3.86. The third kappa shape index (κ3) is 2.71. The summed E-state index contributed by atoms with van der Waals surface area (Å²) in [6, 6.07) is 6.78. The van der Waals surface area contributed by atoms with E-state index in [0.29, 0.717) is 18.8 Å². The van der Waals surface area contributed by atoms with Crippen LogP contribution in [-0.4, -0.2) is 48.2 Å². The lowest BCUT2D eigenvalue weighted by Crippen LogP contribution is -2.47. The summed E-state index contributed by atoms with van der Waals surface area (Å²) in [4.78, 5) is 7.02. The number of hydrogen-bond donors (Lipinski definition) is 1. The summed E-state index contributed by atoms with van der Waals surface area (Å²) in [7, 11) is 0. The van der Waals surface area contributed by atoms with E-state index >= 15 is 0 Å². The van der Waals surface area contributed by atoms with Gasteiger partial charge >= 0.3 is 0 Å². The minimum Gasteiger partial charge on any atom is -0.371 e. The maximum atomic E-state index is 6.00. The monoisotopic (exact) mass is 247 g/mol. The second kappa shape index (κ2) is 5.34. The van der Waals surface area contributed by atoms with Crippen LogP contribution in [0, 0.1) is 6.92 Å². The molecule has 0 amide bonds. The average molecular weight is 247 g/mol. The number of aryl methyl sites for hydroxylation is 1. The highest BCUT2D eigenvalue weighted by molar-refractivity contribution is 5.09. The first-order chi connectivity index (χ1) is 8.81. The van der Waals surface area contributed by atoms with Crippen LogP contribution in [0.5, 0.6) is 0 Å². The second-order valence-electron chi connectivity index (χ2n) is 5.29. The van der Waals surface area contributed by atoms with Crippen molar-refractivity contribution in [1.82, 2.24) is 15.2 Å². The van der Waals surface area contributed by atoms with Crippen molar-refractivity contribution in [3.05, 3.63) is 29.6 Å². The van der Waals surface area contributed by atoms with E-state index in [2.05, 4.69) is 15.2 Å². The second-order valence-corrected chi connectivity index (χ2v) is 5.29. The standard InChI is InChI=1S/C14H21N3O/c1-11-3-2-4-12(16-11)10-18-14-7-13-8-15-5-6-17(13)9-14/h2-4,13-15H,5-10H2,1H3/t13-,14+/m1/s1. The van der Waals surface area contributed by atoms with Crippen molar-refractivity contribution >= 4 is 0 Å². The molecule has 0 aliphatic carbocycles. The number of nitrogens with zero attached hydrogens (tertiary/aromatic N) is 2. The van der Waals surface area contributed by atoms with Gasteiger partial charge in [0.15, 0.2) is 0 Å². The molecule has 0 aromatic carbocycles. The van der Waals surface area contributed by atoms with Crippen LogP contribution >= 0.6 is 0 Å². The van der Waals surface area contributed by atoms with Gasteiger partial charge in [-0.1, -0.05) is 6.07 Å². The Labute approximate surface area is 108 Å². The van der Waals surface area contributed by atoms with Gasteiger partial charge in [0, 0.05) is 37.9 Å². The first kappa shape index (κ1) is 12.1. The first-order valence-electron chi connectivity index (χ1n) is 6.80. The molecule has 2 saturated heterocycles. The lowest BCUT2D eigenvalue weighted by molar-refractivity contribution is 0.0449. The summed E-state index contributed by atoms with van der Waals surface area (Å²) in [6.07, 6.45) is 1.52. The van der Waals surface area contributed by atoms with Crippen LogP contribution in [0.1, 0.15) is 17.8 Å². The van der Waals surface area contributed by atoms with E-state index in [1.165, 1.54) is 0 Å². The molecule has 2 atom stereocenters. The van der Waals surface area contributed by atoms with Crippen LogP contribution in [0.25, 0.3) is 0 Å². The summed E-state index contributed by atoms with van der Waals surface area (Å²) < 4.78 is 6.00. The molecule has 98 valence electrons. The summed E-state index contributed by atoms with van der Waals surface area (Å²) in [5.41, 5.74) is 2.10. The van der Waals surface area contributed by atoms with Crippen molar-refractivity contribution < 1.29 is 4.74 Å². The normalized spacial score (nSPS) is 28.3. The van der Waals surface area contributed by atoms with Gasteiger partial charge in [-0.05, 0) is 25.5 Å². The molecule has 1 N–H and O–H groups in total. The Morgan fingerprint density at radius 3 is 3.28 bits per heavy atom. The number of aromatic nitrogens is 1. The molecule has 3 rings (SSSR count). The van der Waals surface area contributed by atoms with E-state index in [4.69, 9.17) is 4.74 Å². The number of fused-ring (bicyclic) bond motifs is 1. The van der Waals surface area contributed by atoms with E-state index in [9.17, 15) is 0 Å². The van der Waals surface area contributed by atoms with Crippen molar-refractivity contribution in [1.29, 1.82) is 0 Å². The van der Waals surface area contributed by atoms with E-state index in [1.54, 1.807) is 0 Å². The molecule has 4 nitrogen and oxygen atoms in total.